The molecule has 1 aromatic carbocycles. The minimum atomic E-state index is 0.107. The lowest BCUT2D eigenvalue weighted by molar-refractivity contribution is -0.108. The molecule has 2 N–H and O–H groups in total. The largest absolute Gasteiger partial charge is 0.398 e. The maximum absolute atomic E-state index is 12.6. The highest BCUT2D eigenvalue weighted by molar-refractivity contribution is 6.77. The normalized spacial score (nSPS) is 12.8. The summed E-state index contributed by atoms with van der Waals surface area (Å²) in [6.45, 7) is 9.91. The number of nitrogens with two attached hydrogens (primary N) is 1. The van der Waals surface area contributed by atoms with Crippen molar-refractivity contribution in [2.24, 2.45) is 5.73 Å². The Morgan fingerprint density at radius 3 is 2.52 bits per heavy atom. The van der Waals surface area contributed by atoms with Gasteiger partial charge in [0.1, 0.15) is 5.68 Å². The van der Waals surface area contributed by atoms with Crippen molar-refractivity contribution in [2.75, 3.05) is 0 Å². The van der Waals surface area contributed by atoms with Crippen molar-refractivity contribution in [3.63, 3.8) is 0 Å². The van der Waals surface area contributed by atoms with E-state index in [2.05, 4.69) is 38.1 Å². The van der Waals surface area contributed by atoms with Crippen molar-refractivity contribution >= 4 is 24.2 Å². The monoisotopic (exact) mass is 386 g/mol. The van der Waals surface area contributed by atoms with E-state index in [4.69, 9.17) is 10.7 Å². The Hall–Kier alpha value is -2.88. The van der Waals surface area contributed by atoms with E-state index in [0.29, 0.717) is 18.5 Å². The highest BCUT2D eigenvalue weighted by Crippen LogP contribution is 2.32. The maximum atomic E-state index is 12.6. The summed E-state index contributed by atoms with van der Waals surface area (Å²) in [6.07, 6.45) is 7.92. The van der Waals surface area contributed by atoms with Crippen LogP contribution < -0.4 is 5.73 Å². The van der Waals surface area contributed by atoms with Crippen molar-refractivity contribution in [3.8, 4) is 11.1 Å². The van der Waals surface area contributed by atoms with Crippen LogP contribution in [0.4, 0.5) is 0 Å². The van der Waals surface area contributed by atoms with Gasteiger partial charge >= 0.3 is 0 Å². The molecule has 0 spiro atoms. The van der Waals surface area contributed by atoms with Crippen LogP contribution in [0.1, 0.15) is 51.1 Å². The van der Waals surface area contributed by atoms with Gasteiger partial charge in [-0.15, -0.1) is 0 Å². The second-order valence-electron chi connectivity index (χ2n) is 7.32. The van der Waals surface area contributed by atoms with Gasteiger partial charge < -0.3 is 10.5 Å². The molecule has 29 heavy (non-hydrogen) atoms. The van der Waals surface area contributed by atoms with Crippen LogP contribution in [0.25, 0.3) is 22.4 Å². The third-order valence-corrected chi connectivity index (χ3v) is 5.08. The molecule has 0 atom stereocenters. The van der Waals surface area contributed by atoms with Crippen LogP contribution >= 0.6 is 0 Å². The molecule has 0 saturated carbocycles. The summed E-state index contributed by atoms with van der Waals surface area (Å²) >= 11 is 0. The molecule has 0 aliphatic heterocycles. The molecule has 0 saturated heterocycles. The summed E-state index contributed by atoms with van der Waals surface area (Å²) in [4.78, 5) is 17.4. The molecule has 4 heteroatoms. The fraction of sp³-hybridized carbons (Fsp3) is 0.280. The van der Waals surface area contributed by atoms with Crippen LogP contribution in [0.3, 0.4) is 0 Å². The van der Waals surface area contributed by atoms with Gasteiger partial charge in [-0.25, -0.2) is 0 Å². The molecule has 1 heterocycles. The first kappa shape index (κ1) is 22.4. The van der Waals surface area contributed by atoms with Gasteiger partial charge in [0, 0.05) is 22.5 Å². The molecule has 0 aliphatic rings. The molecular weight excluding hydrogens is 355 g/mol. The van der Waals surface area contributed by atoms with Crippen LogP contribution in [-0.4, -0.2) is 17.9 Å². The first-order valence-electron chi connectivity index (χ1n) is 10.3. The van der Waals surface area contributed by atoms with Gasteiger partial charge in [0.2, 0.25) is 7.28 Å². The number of aryl methyl sites for hydroxylation is 1. The number of nitrogens with zero attached hydrogens (tertiary/aromatic N) is 1. The van der Waals surface area contributed by atoms with Crippen LogP contribution in [0.2, 0.25) is 6.32 Å². The van der Waals surface area contributed by atoms with Gasteiger partial charge in [0.15, 0.2) is 0 Å². The standard InChI is InChI=1S/C25H31BN2O/c1-6-8-12-17(3)22-16-21(20-13-10-9-11-14-20)23(19(5)28-22)24(27)18(4)25(29)26-15-7-2/h6,8-14,16,26H,7,15,27H2,1-5H3/b8-6-,17-12+,24-18-. The molecule has 150 valence electrons. The van der Waals surface area contributed by atoms with Gasteiger partial charge in [0.05, 0.1) is 5.69 Å². The van der Waals surface area contributed by atoms with E-state index in [1.165, 1.54) is 0 Å². The van der Waals surface area contributed by atoms with Crippen molar-refractivity contribution < 1.29 is 4.79 Å². The predicted molar refractivity (Wildman–Crippen MR) is 127 cm³/mol. The smallest absolute Gasteiger partial charge is 0.211 e. The molecular formula is C25H31BN2O. The molecule has 0 amide bonds. The SMILES string of the molecule is C/C=C\C=C(/C)c1cc(-c2ccccc2)c(/C(N)=C(\C)C(=O)BCCC)c(C)n1. The third-order valence-electron chi connectivity index (χ3n) is 5.08. The van der Waals surface area contributed by atoms with Crippen LogP contribution in [0, 0.1) is 6.92 Å². The van der Waals surface area contributed by atoms with E-state index in [-0.39, 0.29) is 5.68 Å². The Morgan fingerprint density at radius 2 is 1.90 bits per heavy atom. The number of rotatable bonds is 8. The topological polar surface area (TPSA) is 56.0 Å². The molecule has 0 aliphatic carbocycles. The average molecular weight is 386 g/mol. The zero-order valence-electron chi connectivity index (χ0n) is 18.3. The average Bonchev–Trinajstić information content (AvgIpc) is 2.74. The molecule has 0 fully saturated rings. The number of aromatic nitrogens is 1. The second kappa shape index (κ2) is 10.6. The van der Waals surface area contributed by atoms with Crippen molar-refractivity contribution in [1.29, 1.82) is 0 Å². The first-order chi connectivity index (χ1) is 13.9. The lowest BCUT2D eigenvalue weighted by Crippen LogP contribution is -2.16. The lowest BCUT2D eigenvalue weighted by atomic mass is 9.66. The van der Waals surface area contributed by atoms with Gasteiger partial charge in [-0.05, 0) is 50.5 Å². The maximum Gasteiger partial charge on any atom is 0.211 e. The number of hydrogen-bond acceptors (Lipinski definition) is 3. The van der Waals surface area contributed by atoms with Crippen molar-refractivity contribution in [3.05, 3.63) is 77.2 Å². The number of carbonyl (C=O) groups is 1. The van der Waals surface area contributed by atoms with E-state index in [1.807, 2.05) is 51.1 Å². The Morgan fingerprint density at radius 1 is 1.21 bits per heavy atom. The summed E-state index contributed by atoms with van der Waals surface area (Å²) in [7, 11) is 0.527. The van der Waals surface area contributed by atoms with Crippen molar-refractivity contribution in [2.45, 2.75) is 47.4 Å². The summed E-state index contributed by atoms with van der Waals surface area (Å²) in [6, 6.07) is 12.2. The minimum Gasteiger partial charge on any atom is -0.398 e. The van der Waals surface area contributed by atoms with E-state index >= 15 is 0 Å². The van der Waals surface area contributed by atoms with Gasteiger partial charge in [-0.2, -0.15) is 0 Å². The third kappa shape index (κ3) is 5.57. The van der Waals surface area contributed by atoms with Crippen molar-refractivity contribution in [1.82, 2.24) is 4.98 Å². The predicted octanol–water partition coefficient (Wildman–Crippen LogP) is 5.52. The molecule has 2 rings (SSSR count). The fourth-order valence-electron chi connectivity index (χ4n) is 3.25. The number of pyridine rings is 1. The summed E-state index contributed by atoms with van der Waals surface area (Å²) < 4.78 is 0. The summed E-state index contributed by atoms with van der Waals surface area (Å²) in [5, 5.41) is 0. The molecule has 0 radical (unpaired) electrons. The van der Waals surface area contributed by atoms with E-state index < -0.39 is 0 Å². The second-order valence-corrected chi connectivity index (χ2v) is 7.32. The Labute approximate surface area is 175 Å². The molecule has 1 aromatic heterocycles. The minimum absolute atomic E-state index is 0.107. The van der Waals surface area contributed by atoms with E-state index in [9.17, 15) is 4.79 Å². The molecule has 2 aromatic rings. The summed E-state index contributed by atoms with van der Waals surface area (Å²) in [5.74, 6) is 0. The number of carbonyl (C=O) groups excluding carboxylic acids is 1. The van der Waals surface area contributed by atoms with Crippen LogP contribution in [-0.2, 0) is 4.79 Å². The Bertz CT molecular complexity index is 956. The summed E-state index contributed by atoms with van der Waals surface area (Å²) in [5.41, 5.74) is 13.5. The highest BCUT2D eigenvalue weighted by Gasteiger charge is 2.18. The fourth-order valence-corrected chi connectivity index (χ4v) is 3.25. The van der Waals surface area contributed by atoms with Gasteiger partial charge in [0.25, 0.3) is 0 Å². The molecule has 0 unspecified atom stereocenters. The first-order valence-corrected chi connectivity index (χ1v) is 10.3. The Kier molecular flexibility index (Phi) is 8.20. The van der Waals surface area contributed by atoms with Crippen LogP contribution in [0.15, 0.2) is 60.2 Å². The lowest BCUT2D eigenvalue weighted by Gasteiger charge is -2.17. The van der Waals surface area contributed by atoms with E-state index in [0.717, 1.165) is 46.4 Å². The van der Waals surface area contributed by atoms with E-state index in [1.54, 1.807) is 0 Å². The Balaban J connectivity index is 2.70. The van der Waals surface area contributed by atoms with Crippen LogP contribution in [0.5, 0.6) is 0 Å². The zero-order chi connectivity index (χ0) is 21.4. The van der Waals surface area contributed by atoms with Gasteiger partial charge in [-0.1, -0.05) is 68.2 Å². The van der Waals surface area contributed by atoms with Gasteiger partial charge in [-0.3, -0.25) is 4.98 Å². The molecule has 3 nitrogen and oxygen atoms in total. The zero-order valence-corrected chi connectivity index (χ0v) is 18.3. The highest BCUT2D eigenvalue weighted by atomic mass is 16.1. The number of hydrogen-bond donors (Lipinski definition) is 1. The molecule has 0 bridgehead atoms. The number of allylic oxidation sites excluding steroid dienone is 5. The quantitative estimate of drug-likeness (QED) is 0.369. The number of benzene rings is 1.